The first-order valence-electron chi connectivity index (χ1n) is 9.03. The number of fused-ring (bicyclic) bond motifs is 1. The highest BCUT2D eigenvalue weighted by Gasteiger charge is 2.21. The Hall–Kier alpha value is -2.99. The van der Waals surface area contributed by atoms with Crippen LogP contribution in [0.4, 0.5) is 0 Å². The molecule has 6 nitrogen and oxygen atoms in total. The Kier molecular flexibility index (Phi) is 5.61. The van der Waals surface area contributed by atoms with Gasteiger partial charge in [-0.05, 0) is 50.8 Å². The van der Waals surface area contributed by atoms with Crippen LogP contribution in [0.2, 0.25) is 0 Å². The quantitative estimate of drug-likeness (QED) is 0.650. The van der Waals surface area contributed by atoms with Crippen molar-refractivity contribution < 1.29 is 14.2 Å². The van der Waals surface area contributed by atoms with Crippen molar-refractivity contribution in [1.29, 1.82) is 0 Å². The molecule has 6 heteroatoms. The van der Waals surface area contributed by atoms with Crippen molar-refractivity contribution in [2.45, 2.75) is 13.1 Å². The van der Waals surface area contributed by atoms with Gasteiger partial charge in [0.15, 0.2) is 0 Å². The molecule has 3 rings (SSSR count). The van der Waals surface area contributed by atoms with Crippen LogP contribution in [0.25, 0.3) is 22.0 Å². The molecule has 0 saturated carbocycles. The summed E-state index contributed by atoms with van der Waals surface area (Å²) in [6.45, 7) is 2.07. The summed E-state index contributed by atoms with van der Waals surface area (Å²) in [5.41, 5.74) is 2.02. The molecule has 0 N–H and O–H groups in total. The molecule has 1 heterocycles. The Bertz CT molecular complexity index is 1040. The van der Waals surface area contributed by atoms with E-state index in [1.54, 1.807) is 27.4 Å². The lowest BCUT2D eigenvalue weighted by atomic mass is 10.0. The fourth-order valence-corrected chi connectivity index (χ4v) is 3.28. The molecule has 0 spiro atoms. The van der Waals surface area contributed by atoms with E-state index in [0.717, 1.165) is 11.3 Å². The van der Waals surface area contributed by atoms with Crippen LogP contribution in [-0.4, -0.2) is 44.9 Å². The topological polar surface area (TPSA) is 52.9 Å². The molecule has 28 heavy (non-hydrogen) atoms. The number of aromatic nitrogens is 1. The van der Waals surface area contributed by atoms with E-state index in [4.69, 9.17) is 14.2 Å². The van der Waals surface area contributed by atoms with E-state index in [1.165, 1.54) is 0 Å². The van der Waals surface area contributed by atoms with Crippen LogP contribution < -0.4 is 19.6 Å². The Morgan fingerprint density at radius 2 is 1.50 bits per heavy atom. The number of methoxy groups -OCH3 is 3. The average Bonchev–Trinajstić information content (AvgIpc) is 2.72. The first-order valence-corrected chi connectivity index (χ1v) is 9.03. The predicted molar refractivity (Wildman–Crippen MR) is 112 cm³/mol. The lowest BCUT2D eigenvalue weighted by Gasteiger charge is -2.27. The number of hydrogen-bond acceptors (Lipinski definition) is 5. The normalized spacial score (nSPS) is 12.2. The van der Waals surface area contributed by atoms with Crippen molar-refractivity contribution in [2.75, 3.05) is 35.4 Å². The van der Waals surface area contributed by atoms with Gasteiger partial charge in [0.2, 0.25) is 5.43 Å². The van der Waals surface area contributed by atoms with Gasteiger partial charge in [-0.2, -0.15) is 0 Å². The zero-order valence-electron chi connectivity index (χ0n) is 17.1. The number of rotatable bonds is 6. The Labute approximate surface area is 164 Å². The maximum absolute atomic E-state index is 13.5. The molecule has 0 bridgehead atoms. The highest BCUT2D eigenvalue weighted by Crippen LogP contribution is 2.35. The SMILES string of the molecule is COc1ccc(-c2cn(C(C)N(C)C)c3c(OC)ccc(OC)c3c2=O)cc1. The van der Waals surface area contributed by atoms with E-state index in [0.29, 0.717) is 28.0 Å². The molecule has 1 aromatic heterocycles. The highest BCUT2D eigenvalue weighted by molar-refractivity contribution is 5.93. The number of hydrogen-bond donors (Lipinski definition) is 0. The summed E-state index contributed by atoms with van der Waals surface area (Å²) in [6.07, 6.45) is 1.88. The van der Waals surface area contributed by atoms with Crippen LogP contribution in [0.5, 0.6) is 17.2 Å². The molecule has 0 aliphatic rings. The number of nitrogens with zero attached hydrogens (tertiary/aromatic N) is 2. The molecule has 0 amide bonds. The molecule has 1 atom stereocenters. The maximum atomic E-state index is 13.5. The molecule has 0 aliphatic heterocycles. The van der Waals surface area contributed by atoms with E-state index in [-0.39, 0.29) is 11.6 Å². The molecule has 2 aromatic carbocycles. The number of ether oxygens (including phenoxy) is 3. The molecular weight excluding hydrogens is 356 g/mol. The van der Waals surface area contributed by atoms with Gasteiger partial charge < -0.3 is 18.8 Å². The minimum atomic E-state index is -0.0990. The monoisotopic (exact) mass is 382 g/mol. The molecule has 3 aromatic rings. The van der Waals surface area contributed by atoms with Crippen molar-refractivity contribution >= 4 is 10.9 Å². The lowest BCUT2D eigenvalue weighted by Crippen LogP contribution is -2.25. The molecular formula is C22H26N2O4. The summed E-state index contributed by atoms with van der Waals surface area (Å²) in [5, 5.41) is 0.504. The van der Waals surface area contributed by atoms with Crippen molar-refractivity contribution in [2.24, 2.45) is 0 Å². The summed E-state index contributed by atoms with van der Waals surface area (Å²) in [7, 11) is 8.78. The summed E-state index contributed by atoms with van der Waals surface area (Å²) >= 11 is 0. The van der Waals surface area contributed by atoms with Crippen LogP contribution in [-0.2, 0) is 0 Å². The van der Waals surface area contributed by atoms with Gasteiger partial charge in [0, 0.05) is 11.8 Å². The zero-order valence-corrected chi connectivity index (χ0v) is 17.1. The second kappa shape index (κ2) is 7.94. The summed E-state index contributed by atoms with van der Waals surface area (Å²) in [4.78, 5) is 15.6. The molecule has 0 saturated heterocycles. The average molecular weight is 382 g/mol. The fraction of sp³-hybridized carbons (Fsp3) is 0.318. The van der Waals surface area contributed by atoms with Gasteiger partial charge in [-0.15, -0.1) is 0 Å². The van der Waals surface area contributed by atoms with E-state index < -0.39 is 0 Å². The van der Waals surface area contributed by atoms with Gasteiger partial charge >= 0.3 is 0 Å². The van der Waals surface area contributed by atoms with Gasteiger partial charge in [-0.3, -0.25) is 9.69 Å². The summed E-state index contributed by atoms with van der Waals surface area (Å²) < 4.78 is 18.4. The molecule has 0 aliphatic carbocycles. The van der Waals surface area contributed by atoms with Gasteiger partial charge in [-0.1, -0.05) is 12.1 Å². The standard InChI is InChI=1S/C22H26N2O4/c1-14(23(2)3)24-13-17(15-7-9-16(26-4)10-8-15)22(25)20-18(27-5)11-12-19(28-6)21(20)24/h7-14H,1-6H3. The number of benzene rings is 2. The van der Waals surface area contributed by atoms with E-state index >= 15 is 0 Å². The minimum absolute atomic E-state index is 0.0129. The predicted octanol–water partition coefficient (Wildman–Crippen LogP) is 3.77. The maximum Gasteiger partial charge on any atom is 0.201 e. The molecule has 0 fully saturated rings. The third-order valence-corrected chi connectivity index (χ3v) is 5.09. The van der Waals surface area contributed by atoms with Gasteiger partial charge in [-0.25, -0.2) is 0 Å². The first-order chi connectivity index (χ1) is 13.4. The molecule has 148 valence electrons. The van der Waals surface area contributed by atoms with Gasteiger partial charge in [0.1, 0.15) is 17.2 Å². The lowest BCUT2D eigenvalue weighted by molar-refractivity contribution is 0.242. The second-order valence-electron chi connectivity index (χ2n) is 6.80. The smallest absolute Gasteiger partial charge is 0.201 e. The van der Waals surface area contributed by atoms with Crippen LogP contribution >= 0.6 is 0 Å². The minimum Gasteiger partial charge on any atom is -0.497 e. The highest BCUT2D eigenvalue weighted by atomic mass is 16.5. The second-order valence-corrected chi connectivity index (χ2v) is 6.80. The van der Waals surface area contributed by atoms with Crippen molar-refractivity contribution in [1.82, 2.24) is 9.47 Å². The number of pyridine rings is 1. The van der Waals surface area contributed by atoms with Crippen molar-refractivity contribution in [3.05, 3.63) is 52.8 Å². The third kappa shape index (κ3) is 3.31. The van der Waals surface area contributed by atoms with Gasteiger partial charge in [0.25, 0.3) is 0 Å². The van der Waals surface area contributed by atoms with Crippen molar-refractivity contribution in [3.63, 3.8) is 0 Å². The van der Waals surface area contributed by atoms with Crippen LogP contribution in [0.15, 0.2) is 47.4 Å². The zero-order chi connectivity index (χ0) is 20.4. The summed E-state index contributed by atoms with van der Waals surface area (Å²) in [5.74, 6) is 1.89. The largest absolute Gasteiger partial charge is 0.497 e. The van der Waals surface area contributed by atoms with Crippen molar-refractivity contribution in [3.8, 4) is 28.4 Å². The van der Waals surface area contributed by atoms with Crippen LogP contribution in [0.3, 0.4) is 0 Å². The van der Waals surface area contributed by atoms with Gasteiger partial charge in [0.05, 0.1) is 38.4 Å². The molecule has 0 radical (unpaired) electrons. The third-order valence-electron chi connectivity index (χ3n) is 5.09. The van der Waals surface area contributed by atoms with E-state index in [2.05, 4.69) is 16.4 Å². The summed E-state index contributed by atoms with van der Waals surface area (Å²) in [6, 6.07) is 11.1. The van der Waals surface area contributed by atoms with Crippen LogP contribution in [0.1, 0.15) is 13.1 Å². The Balaban J connectivity index is 2.43. The Morgan fingerprint density at radius 3 is 2.04 bits per heavy atom. The first kappa shape index (κ1) is 19.8. The Morgan fingerprint density at radius 1 is 0.893 bits per heavy atom. The fourth-order valence-electron chi connectivity index (χ4n) is 3.28. The molecule has 1 unspecified atom stereocenters. The van der Waals surface area contributed by atoms with E-state index in [1.807, 2.05) is 50.6 Å². The van der Waals surface area contributed by atoms with Crippen LogP contribution in [0, 0.1) is 0 Å². The van der Waals surface area contributed by atoms with E-state index in [9.17, 15) is 4.79 Å².